The molecule has 0 aliphatic rings. The predicted octanol–water partition coefficient (Wildman–Crippen LogP) is 2.76. The van der Waals surface area contributed by atoms with Crippen LogP contribution < -0.4 is 11.5 Å². The molecule has 0 aromatic heterocycles. The van der Waals surface area contributed by atoms with Crippen molar-refractivity contribution in [1.29, 1.82) is 0 Å². The minimum Gasteiger partial charge on any atom is -0.494 e. The number of rotatable bonds is 7. The van der Waals surface area contributed by atoms with E-state index in [0.717, 1.165) is 5.56 Å². The highest BCUT2D eigenvalue weighted by molar-refractivity contribution is 5.94. The quantitative estimate of drug-likeness (QED) is 0.342. The highest BCUT2D eigenvalue weighted by Crippen LogP contribution is 2.21. The molecule has 1 aromatic rings. The summed E-state index contributed by atoms with van der Waals surface area (Å²) < 4.78 is 5.48. The van der Waals surface area contributed by atoms with Crippen LogP contribution in [0.3, 0.4) is 0 Å². The van der Waals surface area contributed by atoms with Crippen molar-refractivity contribution in [2.75, 3.05) is 18.1 Å². The first-order valence-electron chi connectivity index (χ1n) is 6.07. The summed E-state index contributed by atoms with van der Waals surface area (Å²) in [5.41, 5.74) is 13.8. The minimum atomic E-state index is 0.0578. The molecule has 1 aromatic carbocycles. The van der Waals surface area contributed by atoms with Gasteiger partial charge in [-0.2, -0.15) is 0 Å². The summed E-state index contributed by atoms with van der Waals surface area (Å²) in [6.45, 7) is 9.55. The molecule has 19 heavy (non-hydrogen) atoms. The van der Waals surface area contributed by atoms with Gasteiger partial charge in [0.05, 0.1) is 6.61 Å². The Morgan fingerprint density at radius 3 is 2.32 bits per heavy atom. The van der Waals surface area contributed by atoms with Crippen LogP contribution in [0.15, 0.2) is 36.9 Å². The van der Waals surface area contributed by atoms with E-state index in [1.807, 2.05) is 0 Å². The van der Waals surface area contributed by atoms with Gasteiger partial charge < -0.3 is 16.2 Å². The SMILES string of the molecule is C=C(C)C(=O)CCCOC(=C)c1cc(N)cc(N)c1. The maximum Gasteiger partial charge on any atom is 0.158 e. The van der Waals surface area contributed by atoms with Gasteiger partial charge in [0.2, 0.25) is 0 Å². The van der Waals surface area contributed by atoms with Crippen LogP contribution in [0.2, 0.25) is 0 Å². The number of carbonyl (C=O) groups excluding carboxylic acids is 1. The van der Waals surface area contributed by atoms with Crippen LogP contribution in [0.4, 0.5) is 11.4 Å². The average Bonchev–Trinajstić information content (AvgIpc) is 2.32. The van der Waals surface area contributed by atoms with E-state index in [4.69, 9.17) is 16.2 Å². The Labute approximate surface area is 113 Å². The molecule has 4 heteroatoms. The molecular formula is C15H20N2O2. The van der Waals surface area contributed by atoms with Crippen molar-refractivity contribution >= 4 is 22.9 Å². The maximum absolute atomic E-state index is 11.3. The lowest BCUT2D eigenvalue weighted by molar-refractivity contribution is -0.115. The van der Waals surface area contributed by atoms with Gasteiger partial charge in [-0.3, -0.25) is 4.79 Å². The lowest BCUT2D eigenvalue weighted by Crippen LogP contribution is -2.02. The Morgan fingerprint density at radius 2 is 1.79 bits per heavy atom. The average molecular weight is 260 g/mol. The minimum absolute atomic E-state index is 0.0578. The fraction of sp³-hybridized carbons (Fsp3) is 0.267. The molecule has 0 heterocycles. The molecule has 0 amide bonds. The molecule has 0 bridgehead atoms. The molecule has 0 unspecified atom stereocenters. The van der Waals surface area contributed by atoms with E-state index in [0.29, 0.717) is 42.2 Å². The van der Waals surface area contributed by atoms with Gasteiger partial charge in [-0.05, 0) is 37.1 Å². The van der Waals surface area contributed by atoms with Crippen LogP contribution in [-0.2, 0) is 9.53 Å². The number of ketones is 1. The van der Waals surface area contributed by atoms with Gasteiger partial charge in [-0.1, -0.05) is 13.2 Å². The normalized spacial score (nSPS) is 9.95. The number of nitrogens with two attached hydrogens (primary N) is 2. The van der Waals surface area contributed by atoms with Crippen LogP contribution in [-0.4, -0.2) is 12.4 Å². The highest BCUT2D eigenvalue weighted by atomic mass is 16.5. The topological polar surface area (TPSA) is 78.3 Å². The van der Waals surface area contributed by atoms with Crippen molar-refractivity contribution in [1.82, 2.24) is 0 Å². The maximum atomic E-state index is 11.3. The monoisotopic (exact) mass is 260 g/mol. The molecule has 0 aliphatic heterocycles. The van der Waals surface area contributed by atoms with Crippen molar-refractivity contribution < 1.29 is 9.53 Å². The first kappa shape index (κ1) is 14.8. The highest BCUT2D eigenvalue weighted by Gasteiger charge is 2.05. The van der Waals surface area contributed by atoms with Crippen LogP contribution in [0, 0.1) is 0 Å². The van der Waals surface area contributed by atoms with E-state index in [1.54, 1.807) is 25.1 Å². The van der Waals surface area contributed by atoms with E-state index in [1.165, 1.54) is 0 Å². The number of benzene rings is 1. The molecule has 0 saturated carbocycles. The van der Waals surface area contributed by atoms with E-state index >= 15 is 0 Å². The lowest BCUT2D eigenvalue weighted by Gasteiger charge is -2.10. The van der Waals surface area contributed by atoms with Gasteiger partial charge >= 0.3 is 0 Å². The third kappa shape index (κ3) is 4.87. The molecule has 0 atom stereocenters. The predicted molar refractivity (Wildman–Crippen MR) is 79.3 cm³/mol. The second-order valence-electron chi connectivity index (χ2n) is 4.47. The number of nitrogen functional groups attached to an aromatic ring is 2. The number of allylic oxidation sites excluding steroid dienone is 1. The zero-order valence-corrected chi connectivity index (χ0v) is 11.2. The van der Waals surface area contributed by atoms with Crippen LogP contribution in [0.1, 0.15) is 25.3 Å². The zero-order valence-electron chi connectivity index (χ0n) is 11.2. The second-order valence-corrected chi connectivity index (χ2v) is 4.47. The first-order valence-corrected chi connectivity index (χ1v) is 6.07. The van der Waals surface area contributed by atoms with Crippen LogP contribution >= 0.6 is 0 Å². The number of anilines is 2. The Morgan fingerprint density at radius 1 is 1.21 bits per heavy atom. The summed E-state index contributed by atoms with van der Waals surface area (Å²) in [6, 6.07) is 5.16. The van der Waals surface area contributed by atoms with Gasteiger partial charge in [0, 0.05) is 23.4 Å². The Balaban J connectivity index is 2.43. The van der Waals surface area contributed by atoms with Gasteiger partial charge in [-0.15, -0.1) is 0 Å². The summed E-state index contributed by atoms with van der Waals surface area (Å²) >= 11 is 0. The van der Waals surface area contributed by atoms with Crippen molar-refractivity contribution in [2.24, 2.45) is 0 Å². The fourth-order valence-electron chi connectivity index (χ4n) is 1.56. The molecular weight excluding hydrogens is 240 g/mol. The van der Waals surface area contributed by atoms with Crippen molar-refractivity contribution in [2.45, 2.75) is 19.8 Å². The zero-order chi connectivity index (χ0) is 14.4. The van der Waals surface area contributed by atoms with Crippen molar-refractivity contribution in [3.05, 3.63) is 42.5 Å². The van der Waals surface area contributed by atoms with E-state index in [-0.39, 0.29) is 5.78 Å². The summed E-state index contributed by atoms with van der Waals surface area (Å²) in [7, 11) is 0. The van der Waals surface area contributed by atoms with Crippen molar-refractivity contribution in [3.8, 4) is 0 Å². The lowest BCUT2D eigenvalue weighted by atomic mass is 10.1. The summed E-state index contributed by atoms with van der Waals surface area (Å²) in [5.74, 6) is 0.559. The summed E-state index contributed by atoms with van der Waals surface area (Å²) in [5, 5.41) is 0. The molecule has 0 fully saturated rings. The molecule has 1 rings (SSSR count). The molecule has 0 saturated heterocycles. The number of ether oxygens (including phenoxy) is 1. The smallest absolute Gasteiger partial charge is 0.158 e. The third-order valence-corrected chi connectivity index (χ3v) is 2.60. The number of carbonyl (C=O) groups is 1. The van der Waals surface area contributed by atoms with Crippen molar-refractivity contribution in [3.63, 3.8) is 0 Å². The third-order valence-electron chi connectivity index (χ3n) is 2.60. The standard InChI is InChI=1S/C15H20N2O2/c1-10(2)15(18)5-4-6-19-11(3)12-7-13(16)9-14(17)8-12/h7-9H,1,3-6,16-17H2,2H3. The van der Waals surface area contributed by atoms with Gasteiger partial charge in [-0.25, -0.2) is 0 Å². The van der Waals surface area contributed by atoms with E-state index in [2.05, 4.69) is 13.2 Å². The largest absolute Gasteiger partial charge is 0.494 e. The van der Waals surface area contributed by atoms with E-state index in [9.17, 15) is 4.79 Å². The number of Topliss-reactive ketones (excluding diaryl/α,β-unsaturated/α-hetero) is 1. The molecule has 0 radical (unpaired) electrons. The number of hydrogen-bond donors (Lipinski definition) is 2. The number of hydrogen-bond acceptors (Lipinski definition) is 4. The Bertz CT molecular complexity index is 487. The summed E-state index contributed by atoms with van der Waals surface area (Å²) in [4.78, 5) is 11.3. The fourth-order valence-corrected chi connectivity index (χ4v) is 1.56. The molecule has 102 valence electrons. The van der Waals surface area contributed by atoms with Gasteiger partial charge in [0.25, 0.3) is 0 Å². The second kappa shape index (κ2) is 6.64. The Hall–Kier alpha value is -2.23. The first-order chi connectivity index (χ1) is 8.90. The molecule has 4 N–H and O–H groups in total. The van der Waals surface area contributed by atoms with Crippen LogP contribution in [0.5, 0.6) is 0 Å². The van der Waals surface area contributed by atoms with Gasteiger partial charge in [0.15, 0.2) is 5.78 Å². The summed E-state index contributed by atoms with van der Waals surface area (Å²) in [6.07, 6.45) is 1.06. The van der Waals surface area contributed by atoms with Gasteiger partial charge in [0.1, 0.15) is 5.76 Å². The molecule has 0 spiro atoms. The molecule has 4 nitrogen and oxygen atoms in total. The van der Waals surface area contributed by atoms with E-state index < -0.39 is 0 Å². The molecule has 0 aliphatic carbocycles. The van der Waals surface area contributed by atoms with Crippen LogP contribution in [0.25, 0.3) is 5.76 Å². The Kier molecular flexibility index (Phi) is 5.18.